The molecule has 23 heavy (non-hydrogen) atoms. The number of nitrogens with two attached hydrogens (primary N) is 1. The summed E-state index contributed by atoms with van der Waals surface area (Å²) in [6.07, 6.45) is 2.80. The Labute approximate surface area is 141 Å². The molecule has 0 aliphatic rings. The molecule has 1 amide bonds. The predicted molar refractivity (Wildman–Crippen MR) is 90.9 cm³/mol. The number of nitrogens with zero attached hydrogens (tertiary/aromatic N) is 3. The maximum Gasteiger partial charge on any atom is 0.220 e. The number of hydrogen-bond donors (Lipinski definition) is 1. The summed E-state index contributed by atoms with van der Waals surface area (Å²) in [6.45, 7) is 5.94. The lowest BCUT2D eigenvalue weighted by Crippen LogP contribution is -2.27. The van der Waals surface area contributed by atoms with Gasteiger partial charge in [-0.1, -0.05) is 31.5 Å². The lowest BCUT2D eigenvalue weighted by molar-refractivity contribution is -0.122. The quantitative estimate of drug-likeness (QED) is 0.880. The van der Waals surface area contributed by atoms with Crippen LogP contribution in [0.5, 0.6) is 0 Å². The van der Waals surface area contributed by atoms with E-state index in [-0.39, 0.29) is 11.8 Å². The van der Waals surface area contributed by atoms with Gasteiger partial charge in [0.2, 0.25) is 5.91 Å². The van der Waals surface area contributed by atoms with Gasteiger partial charge in [0.25, 0.3) is 0 Å². The van der Waals surface area contributed by atoms with Crippen molar-refractivity contribution in [1.82, 2.24) is 15.0 Å². The Bertz CT molecular complexity index is 688. The maximum atomic E-state index is 11.7. The molecule has 5 nitrogen and oxygen atoms in total. The van der Waals surface area contributed by atoms with Crippen molar-refractivity contribution in [2.24, 2.45) is 17.6 Å². The van der Waals surface area contributed by atoms with Crippen molar-refractivity contribution in [2.45, 2.75) is 33.6 Å². The van der Waals surface area contributed by atoms with E-state index in [1.165, 1.54) is 0 Å². The number of primary amides is 1. The van der Waals surface area contributed by atoms with E-state index < -0.39 is 0 Å². The van der Waals surface area contributed by atoms with Crippen molar-refractivity contribution in [3.05, 3.63) is 40.8 Å². The zero-order chi connectivity index (χ0) is 17.0. The Morgan fingerprint density at radius 2 is 2.04 bits per heavy atom. The molecule has 6 heteroatoms. The van der Waals surface area contributed by atoms with Crippen LogP contribution in [0.4, 0.5) is 0 Å². The number of pyridine rings is 1. The third kappa shape index (κ3) is 4.48. The molecule has 0 saturated heterocycles. The molecule has 0 aliphatic heterocycles. The van der Waals surface area contributed by atoms with Crippen LogP contribution < -0.4 is 5.73 Å². The summed E-state index contributed by atoms with van der Waals surface area (Å²) in [4.78, 5) is 24.9. The van der Waals surface area contributed by atoms with Crippen molar-refractivity contribution < 1.29 is 4.79 Å². The molecule has 0 aromatic carbocycles. The molecule has 2 N–H and O–H groups in total. The first-order valence-electron chi connectivity index (χ1n) is 7.62. The smallest absolute Gasteiger partial charge is 0.220 e. The Balaban J connectivity index is 2.38. The second kappa shape index (κ2) is 7.51. The fourth-order valence-corrected chi connectivity index (χ4v) is 2.63. The standard InChI is InChI=1S/C17H21ClN4O/c1-10(2)8-12(16(19)23)9-14-15(18)11(3)21-17(22-14)13-6-4-5-7-20-13/h4-7,10,12H,8-9H2,1-3H3,(H2,19,23). The van der Waals surface area contributed by atoms with Crippen molar-refractivity contribution in [2.75, 3.05) is 0 Å². The van der Waals surface area contributed by atoms with E-state index in [9.17, 15) is 4.79 Å². The highest BCUT2D eigenvalue weighted by Crippen LogP contribution is 2.25. The van der Waals surface area contributed by atoms with E-state index >= 15 is 0 Å². The summed E-state index contributed by atoms with van der Waals surface area (Å²) in [5, 5.41) is 0.486. The van der Waals surface area contributed by atoms with Gasteiger partial charge in [-0.25, -0.2) is 9.97 Å². The molecule has 2 aromatic rings. The molecular weight excluding hydrogens is 312 g/mol. The summed E-state index contributed by atoms with van der Waals surface area (Å²) >= 11 is 6.34. The van der Waals surface area contributed by atoms with Gasteiger partial charge in [0.1, 0.15) is 5.69 Å². The number of hydrogen-bond acceptors (Lipinski definition) is 4. The monoisotopic (exact) mass is 332 g/mol. The van der Waals surface area contributed by atoms with E-state index in [4.69, 9.17) is 17.3 Å². The molecule has 1 unspecified atom stereocenters. The fourth-order valence-electron chi connectivity index (χ4n) is 2.47. The first-order chi connectivity index (χ1) is 10.9. The zero-order valence-electron chi connectivity index (χ0n) is 13.6. The highest BCUT2D eigenvalue weighted by atomic mass is 35.5. The van der Waals surface area contributed by atoms with E-state index in [1.54, 1.807) is 6.20 Å². The summed E-state index contributed by atoms with van der Waals surface area (Å²) in [5.41, 5.74) is 7.52. The summed E-state index contributed by atoms with van der Waals surface area (Å²) in [5.74, 6) is 0.253. The molecule has 0 aliphatic carbocycles. The van der Waals surface area contributed by atoms with Crippen LogP contribution in [0.25, 0.3) is 11.5 Å². The Morgan fingerprint density at radius 1 is 1.30 bits per heavy atom. The molecule has 0 bridgehead atoms. The SMILES string of the molecule is Cc1nc(-c2ccccn2)nc(CC(CC(C)C)C(N)=O)c1Cl. The van der Waals surface area contributed by atoms with Gasteiger partial charge >= 0.3 is 0 Å². The van der Waals surface area contributed by atoms with Crippen LogP contribution in [0, 0.1) is 18.8 Å². The van der Waals surface area contributed by atoms with E-state index in [2.05, 4.69) is 28.8 Å². The molecule has 2 aromatic heterocycles. The first kappa shape index (κ1) is 17.3. The second-order valence-corrected chi connectivity index (χ2v) is 6.42. The number of aromatic nitrogens is 3. The zero-order valence-corrected chi connectivity index (χ0v) is 14.3. The molecule has 0 saturated carbocycles. The number of carbonyl (C=O) groups excluding carboxylic acids is 1. The molecule has 122 valence electrons. The lowest BCUT2D eigenvalue weighted by atomic mass is 9.92. The van der Waals surface area contributed by atoms with Crippen molar-refractivity contribution in [1.29, 1.82) is 0 Å². The van der Waals surface area contributed by atoms with Gasteiger partial charge in [0.05, 0.1) is 16.4 Å². The summed E-state index contributed by atoms with van der Waals surface area (Å²) in [6, 6.07) is 5.55. The number of halogens is 1. The molecule has 2 heterocycles. The third-order valence-electron chi connectivity index (χ3n) is 3.58. The number of rotatable bonds is 6. The van der Waals surface area contributed by atoms with Crippen LogP contribution in [-0.2, 0) is 11.2 Å². The normalized spacial score (nSPS) is 12.4. The second-order valence-electron chi connectivity index (χ2n) is 6.04. The summed E-state index contributed by atoms with van der Waals surface area (Å²) < 4.78 is 0. The number of aryl methyl sites for hydroxylation is 1. The molecule has 0 spiro atoms. The minimum absolute atomic E-state index is 0.293. The maximum absolute atomic E-state index is 11.7. The topological polar surface area (TPSA) is 81.8 Å². The van der Waals surface area contributed by atoms with Crippen molar-refractivity contribution in [3.63, 3.8) is 0 Å². The minimum atomic E-state index is -0.328. The average molecular weight is 333 g/mol. The van der Waals surface area contributed by atoms with Gasteiger partial charge in [-0.15, -0.1) is 0 Å². The van der Waals surface area contributed by atoms with Crippen LogP contribution in [-0.4, -0.2) is 20.9 Å². The van der Waals surface area contributed by atoms with Gasteiger partial charge in [-0.05, 0) is 31.4 Å². The van der Waals surface area contributed by atoms with Gasteiger partial charge in [0.15, 0.2) is 5.82 Å². The number of carbonyl (C=O) groups is 1. The van der Waals surface area contributed by atoms with Crippen molar-refractivity contribution >= 4 is 17.5 Å². The highest BCUT2D eigenvalue weighted by molar-refractivity contribution is 6.31. The highest BCUT2D eigenvalue weighted by Gasteiger charge is 2.21. The van der Waals surface area contributed by atoms with Crippen LogP contribution in [0.1, 0.15) is 31.7 Å². The Morgan fingerprint density at radius 3 is 2.61 bits per heavy atom. The molecule has 1 atom stereocenters. The van der Waals surface area contributed by atoms with Crippen molar-refractivity contribution in [3.8, 4) is 11.5 Å². The third-order valence-corrected chi connectivity index (χ3v) is 4.07. The predicted octanol–water partition coefficient (Wildman–Crippen LogP) is 3.19. The fraction of sp³-hybridized carbons (Fsp3) is 0.412. The largest absolute Gasteiger partial charge is 0.369 e. The van der Waals surface area contributed by atoms with Gasteiger partial charge in [0, 0.05) is 18.5 Å². The van der Waals surface area contributed by atoms with Gasteiger partial charge in [-0.2, -0.15) is 0 Å². The average Bonchev–Trinajstić information content (AvgIpc) is 2.51. The Kier molecular flexibility index (Phi) is 5.66. The Hall–Kier alpha value is -2.01. The minimum Gasteiger partial charge on any atom is -0.369 e. The van der Waals surface area contributed by atoms with E-state index in [0.717, 1.165) is 0 Å². The van der Waals surface area contributed by atoms with E-state index in [0.29, 0.717) is 46.7 Å². The van der Waals surface area contributed by atoms with Crippen LogP contribution in [0.3, 0.4) is 0 Å². The molecular formula is C17H21ClN4O. The van der Waals surface area contributed by atoms with Crippen LogP contribution in [0.15, 0.2) is 24.4 Å². The van der Waals surface area contributed by atoms with Gasteiger partial charge < -0.3 is 5.73 Å². The molecule has 2 rings (SSSR count). The molecule has 0 radical (unpaired) electrons. The molecule has 0 fully saturated rings. The number of amides is 1. The van der Waals surface area contributed by atoms with Gasteiger partial charge in [-0.3, -0.25) is 9.78 Å². The lowest BCUT2D eigenvalue weighted by Gasteiger charge is -2.17. The van der Waals surface area contributed by atoms with Crippen LogP contribution >= 0.6 is 11.6 Å². The first-order valence-corrected chi connectivity index (χ1v) is 8.00. The van der Waals surface area contributed by atoms with E-state index in [1.807, 2.05) is 25.1 Å². The van der Waals surface area contributed by atoms with Crippen LogP contribution in [0.2, 0.25) is 5.02 Å². The summed E-state index contributed by atoms with van der Waals surface area (Å²) in [7, 11) is 0.